The number of hydrogen-bond donors (Lipinski definition) is 1. The smallest absolute Gasteiger partial charge is 0.251 e. The highest BCUT2D eigenvalue weighted by molar-refractivity contribution is 7.89. The Morgan fingerprint density at radius 2 is 1.90 bits per heavy atom. The van der Waals surface area contributed by atoms with Crippen LogP contribution in [-0.2, 0) is 21.2 Å². The highest BCUT2D eigenvalue weighted by Gasteiger charge is 2.30. The van der Waals surface area contributed by atoms with Crippen LogP contribution in [0, 0.1) is 0 Å². The maximum Gasteiger partial charge on any atom is 0.251 e. The van der Waals surface area contributed by atoms with Crippen LogP contribution in [0.2, 0.25) is 0 Å². The van der Waals surface area contributed by atoms with E-state index >= 15 is 0 Å². The van der Waals surface area contributed by atoms with E-state index in [0.717, 1.165) is 41.2 Å². The van der Waals surface area contributed by atoms with E-state index in [-0.39, 0.29) is 16.8 Å². The van der Waals surface area contributed by atoms with Crippen LogP contribution in [0.4, 0.5) is 0 Å². The average molecular weight is 445 g/mol. The SMILES string of the molecule is O=C(NC1CCc2ccc(S(=O)(=O)N3CCOCC3)cc21)c1ccc2nsnc2c1. The second-order valence-electron chi connectivity index (χ2n) is 7.41. The number of carbonyl (C=O) groups excluding carboxylic acids is 1. The number of hydrogen-bond acceptors (Lipinski definition) is 7. The highest BCUT2D eigenvalue weighted by atomic mass is 32.2. The van der Waals surface area contributed by atoms with E-state index in [1.807, 2.05) is 6.07 Å². The van der Waals surface area contributed by atoms with Gasteiger partial charge >= 0.3 is 0 Å². The summed E-state index contributed by atoms with van der Waals surface area (Å²) in [5.74, 6) is -0.204. The van der Waals surface area contributed by atoms with Gasteiger partial charge in [0.05, 0.1) is 35.9 Å². The van der Waals surface area contributed by atoms with Gasteiger partial charge in [-0.3, -0.25) is 4.79 Å². The molecular weight excluding hydrogens is 424 g/mol. The Bertz CT molecular complexity index is 1220. The third kappa shape index (κ3) is 3.49. The molecule has 0 saturated carbocycles. The van der Waals surface area contributed by atoms with Crippen LogP contribution >= 0.6 is 11.7 Å². The molecule has 1 N–H and O–H groups in total. The first-order valence-corrected chi connectivity index (χ1v) is 11.9. The summed E-state index contributed by atoms with van der Waals surface area (Å²) < 4.78 is 41.1. The van der Waals surface area contributed by atoms with Crippen LogP contribution in [0.25, 0.3) is 11.0 Å². The monoisotopic (exact) mass is 444 g/mol. The van der Waals surface area contributed by atoms with Crippen LogP contribution in [0.1, 0.15) is 33.9 Å². The molecule has 1 fully saturated rings. The van der Waals surface area contributed by atoms with Gasteiger partial charge in [0.15, 0.2) is 0 Å². The van der Waals surface area contributed by atoms with E-state index in [9.17, 15) is 13.2 Å². The number of aryl methyl sites for hydroxylation is 1. The largest absolute Gasteiger partial charge is 0.379 e. The number of ether oxygens (including phenoxy) is 1. The summed E-state index contributed by atoms with van der Waals surface area (Å²) in [5.41, 5.74) is 3.91. The molecule has 30 heavy (non-hydrogen) atoms. The summed E-state index contributed by atoms with van der Waals surface area (Å²) in [6.07, 6.45) is 1.54. The number of benzene rings is 2. The predicted molar refractivity (Wildman–Crippen MR) is 112 cm³/mol. The molecule has 2 aliphatic rings. The van der Waals surface area contributed by atoms with Crippen molar-refractivity contribution < 1.29 is 17.9 Å². The highest BCUT2D eigenvalue weighted by Crippen LogP contribution is 2.34. The zero-order chi connectivity index (χ0) is 20.7. The molecule has 1 atom stereocenters. The zero-order valence-corrected chi connectivity index (χ0v) is 17.7. The summed E-state index contributed by atoms with van der Waals surface area (Å²) in [7, 11) is -3.58. The maximum atomic E-state index is 13.0. The van der Waals surface area contributed by atoms with E-state index in [0.29, 0.717) is 37.4 Å². The molecule has 0 bridgehead atoms. The van der Waals surface area contributed by atoms with Crippen molar-refractivity contribution in [2.45, 2.75) is 23.8 Å². The number of rotatable bonds is 4. The van der Waals surface area contributed by atoms with Gasteiger partial charge in [0.1, 0.15) is 11.0 Å². The van der Waals surface area contributed by atoms with Gasteiger partial charge in [-0.1, -0.05) is 6.07 Å². The first-order valence-electron chi connectivity index (χ1n) is 9.76. The van der Waals surface area contributed by atoms with Crippen molar-refractivity contribution in [3.05, 3.63) is 53.1 Å². The molecule has 10 heteroatoms. The van der Waals surface area contributed by atoms with Crippen LogP contribution in [-0.4, -0.2) is 53.7 Å². The number of carbonyl (C=O) groups is 1. The van der Waals surface area contributed by atoms with E-state index < -0.39 is 10.0 Å². The van der Waals surface area contributed by atoms with Crippen molar-refractivity contribution in [1.82, 2.24) is 18.4 Å². The molecule has 0 radical (unpaired) electrons. The minimum absolute atomic E-state index is 0.204. The molecule has 1 aromatic heterocycles. The molecule has 1 unspecified atom stereocenters. The first kappa shape index (κ1) is 19.6. The fraction of sp³-hybridized carbons (Fsp3) is 0.350. The van der Waals surface area contributed by atoms with E-state index in [4.69, 9.17) is 4.74 Å². The number of nitrogens with zero attached hydrogens (tertiary/aromatic N) is 3. The lowest BCUT2D eigenvalue weighted by atomic mass is 10.1. The van der Waals surface area contributed by atoms with Gasteiger partial charge in [-0.2, -0.15) is 13.1 Å². The third-order valence-corrected chi connectivity index (χ3v) is 8.08. The van der Waals surface area contributed by atoms with E-state index in [2.05, 4.69) is 14.1 Å². The average Bonchev–Trinajstić information content (AvgIpc) is 3.40. The molecule has 2 heterocycles. The minimum Gasteiger partial charge on any atom is -0.379 e. The second kappa shape index (κ2) is 7.69. The molecule has 2 aromatic carbocycles. The van der Waals surface area contributed by atoms with Gasteiger partial charge in [0, 0.05) is 18.7 Å². The fourth-order valence-electron chi connectivity index (χ4n) is 3.99. The Morgan fingerprint density at radius 1 is 1.10 bits per heavy atom. The summed E-state index contributed by atoms with van der Waals surface area (Å²) in [4.78, 5) is 13.1. The fourth-order valence-corrected chi connectivity index (χ4v) is 5.95. The number of morpholine rings is 1. The van der Waals surface area contributed by atoms with Crippen LogP contribution in [0.5, 0.6) is 0 Å². The van der Waals surface area contributed by atoms with E-state index in [1.165, 1.54) is 4.31 Å². The Morgan fingerprint density at radius 3 is 2.73 bits per heavy atom. The number of fused-ring (bicyclic) bond motifs is 2. The van der Waals surface area contributed by atoms with Gasteiger partial charge in [-0.05, 0) is 54.3 Å². The summed E-state index contributed by atoms with van der Waals surface area (Å²) >= 11 is 1.11. The molecular formula is C20H20N4O4S2. The first-order chi connectivity index (χ1) is 14.5. The predicted octanol–water partition coefficient (Wildman–Crippen LogP) is 2.13. The van der Waals surface area contributed by atoms with Gasteiger partial charge in [-0.25, -0.2) is 8.42 Å². The Hall–Kier alpha value is -2.40. The van der Waals surface area contributed by atoms with E-state index in [1.54, 1.807) is 30.3 Å². The number of nitrogens with one attached hydrogen (secondary N) is 1. The van der Waals surface area contributed by atoms with Crippen LogP contribution in [0.15, 0.2) is 41.3 Å². The summed E-state index contributed by atoms with van der Waals surface area (Å²) in [6.45, 7) is 1.52. The Kier molecular flexibility index (Phi) is 5.02. The van der Waals surface area contributed by atoms with Crippen molar-refractivity contribution in [3.63, 3.8) is 0 Å². The molecule has 1 amide bonds. The second-order valence-corrected chi connectivity index (χ2v) is 9.88. The lowest BCUT2D eigenvalue weighted by Crippen LogP contribution is -2.40. The third-order valence-electron chi connectivity index (χ3n) is 5.62. The molecule has 1 saturated heterocycles. The lowest BCUT2D eigenvalue weighted by Gasteiger charge is -2.26. The van der Waals surface area contributed by atoms with Crippen molar-refractivity contribution >= 4 is 38.7 Å². The Labute approximate surface area is 178 Å². The number of aromatic nitrogens is 2. The summed E-state index contributed by atoms with van der Waals surface area (Å²) in [5, 5.41) is 3.05. The van der Waals surface area contributed by atoms with Gasteiger partial charge < -0.3 is 10.1 Å². The van der Waals surface area contributed by atoms with Crippen molar-refractivity contribution in [2.75, 3.05) is 26.3 Å². The molecule has 5 rings (SSSR count). The van der Waals surface area contributed by atoms with Crippen LogP contribution < -0.4 is 5.32 Å². The zero-order valence-electron chi connectivity index (χ0n) is 16.1. The van der Waals surface area contributed by atoms with Crippen LogP contribution in [0.3, 0.4) is 0 Å². The normalized spacial score (nSPS) is 19.7. The molecule has 8 nitrogen and oxygen atoms in total. The van der Waals surface area contributed by atoms with Crippen molar-refractivity contribution in [1.29, 1.82) is 0 Å². The van der Waals surface area contributed by atoms with Crippen molar-refractivity contribution in [2.24, 2.45) is 0 Å². The minimum atomic E-state index is -3.58. The van der Waals surface area contributed by atoms with Crippen molar-refractivity contribution in [3.8, 4) is 0 Å². The molecule has 1 aliphatic heterocycles. The standard InChI is InChI=1S/C20H20N4O4S2/c25-20(14-3-6-18-19(11-14)23-29-22-18)21-17-5-2-13-1-4-15(12-16(13)17)30(26,27)24-7-9-28-10-8-24/h1,3-4,6,11-12,17H,2,5,7-10H2,(H,21,25). The number of sulfonamides is 1. The topological polar surface area (TPSA) is 101 Å². The molecule has 3 aromatic rings. The van der Waals surface area contributed by atoms with Gasteiger partial charge in [0.2, 0.25) is 10.0 Å². The summed E-state index contributed by atoms with van der Waals surface area (Å²) in [6, 6.07) is 10.3. The Balaban J connectivity index is 1.39. The molecule has 0 spiro atoms. The number of amides is 1. The lowest BCUT2D eigenvalue weighted by molar-refractivity contribution is 0.0730. The molecule has 1 aliphatic carbocycles. The van der Waals surface area contributed by atoms with Gasteiger partial charge in [-0.15, -0.1) is 0 Å². The van der Waals surface area contributed by atoms with Gasteiger partial charge in [0.25, 0.3) is 5.91 Å². The maximum absolute atomic E-state index is 13.0. The molecule has 156 valence electrons. The quantitative estimate of drug-likeness (QED) is 0.662.